The number of carbonyl (C=O) groups excluding carboxylic acids is 1. The van der Waals surface area contributed by atoms with E-state index in [-0.39, 0.29) is 42.6 Å². The Morgan fingerprint density at radius 3 is 2.58 bits per heavy atom. The van der Waals surface area contributed by atoms with Gasteiger partial charge in [-0.3, -0.25) is 9.69 Å². The third-order valence-corrected chi connectivity index (χ3v) is 3.99. The van der Waals surface area contributed by atoms with Gasteiger partial charge in [0.2, 0.25) is 5.91 Å². The molecule has 1 aromatic carbocycles. The maximum Gasteiger partial charge on any atom is 0.237 e. The first-order valence-electron chi connectivity index (χ1n) is 8.17. The minimum absolute atomic E-state index is 0. The minimum Gasteiger partial charge on any atom is -0.353 e. The van der Waals surface area contributed by atoms with Crippen molar-refractivity contribution in [3.8, 4) is 0 Å². The number of amides is 1. The second-order valence-corrected chi connectivity index (χ2v) is 5.80. The van der Waals surface area contributed by atoms with Crippen molar-refractivity contribution >= 4 is 30.7 Å². The van der Waals surface area contributed by atoms with E-state index in [2.05, 4.69) is 22.5 Å². The summed E-state index contributed by atoms with van der Waals surface area (Å²) in [7, 11) is 0. The van der Waals surface area contributed by atoms with Crippen LogP contribution in [0.5, 0.6) is 0 Å². The molecule has 2 N–H and O–H groups in total. The van der Waals surface area contributed by atoms with E-state index in [0.29, 0.717) is 13.1 Å². The fraction of sp³-hybridized carbons (Fsp3) is 0.588. The van der Waals surface area contributed by atoms with E-state index in [1.165, 1.54) is 12.1 Å². The van der Waals surface area contributed by atoms with Gasteiger partial charge in [0.25, 0.3) is 0 Å². The molecule has 0 radical (unpaired) electrons. The second kappa shape index (κ2) is 12.5. The molecule has 1 unspecified atom stereocenters. The molecule has 0 aliphatic carbocycles. The average Bonchev–Trinajstić information content (AvgIpc) is 2.97. The van der Waals surface area contributed by atoms with Crippen LogP contribution in [0.25, 0.3) is 0 Å². The summed E-state index contributed by atoms with van der Waals surface area (Å²) in [6.07, 6.45) is 3.03. The van der Waals surface area contributed by atoms with Crippen molar-refractivity contribution in [3.05, 3.63) is 35.6 Å². The molecule has 0 saturated carbocycles. The molecule has 1 amide bonds. The third kappa shape index (κ3) is 7.34. The quantitative estimate of drug-likeness (QED) is 0.682. The molecule has 1 heterocycles. The lowest BCUT2D eigenvalue weighted by atomic mass is 10.1. The van der Waals surface area contributed by atoms with Crippen molar-refractivity contribution in [2.75, 3.05) is 26.2 Å². The molecule has 2 rings (SSSR count). The fourth-order valence-electron chi connectivity index (χ4n) is 2.83. The summed E-state index contributed by atoms with van der Waals surface area (Å²) in [4.78, 5) is 14.5. The van der Waals surface area contributed by atoms with Gasteiger partial charge in [-0.15, -0.1) is 24.8 Å². The molecule has 24 heavy (non-hydrogen) atoms. The van der Waals surface area contributed by atoms with E-state index in [1.54, 1.807) is 12.1 Å². The SMILES string of the molecule is CCCNCCNC(=O)C1CCCN1Cc1ccc(F)cc1.Cl.Cl. The smallest absolute Gasteiger partial charge is 0.237 e. The van der Waals surface area contributed by atoms with Crippen LogP contribution in [0.4, 0.5) is 4.39 Å². The van der Waals surface area contributed by atoms with Crippen molar-refractivity contribution in [2.24, 2.45) is 0 Å². The van der Waals surface area contributed by atoms with Crippen LogP contribution in [0.2, 0.25) is 0 Å². The maximum absolute atomic E-state index is 12.9. The molecule has 7 heteroatoms. The average molecular weight is 380 g/mol. The molecule has 0 bridgehead atoms. The van der Waals surface area contributed by atoms with Crippen molar-refractivity contribution < 1.29 is 9.18 Å². The molecule has 1 aliphatic heterocycles. The van der Waals surface area contributed by atoms with Gasteiger partial charge in [-0.2, -0.15) is 0 Å². The molecular formula is C17H28Cl2FN3O. The van der Waals surface area contributed by atoms with Gasteiger partial charge in [-0.1, -0.05) is 19.1 Å². The van der Waals surface area contributed by atoms with Gasteiger partial charge in [0.1, 0.15) is 5.82 Å². The zero-order valence-corrected chi connectivity index (χ0v) is 15.7. The number of hydrogen-bond acceptors (Lipinski definition) is 3. The molecule has 0 aromatic heterocycles. The Balaban J connectivity index is 0.00000264. The van der Waals surface area contributed by atoms with Gasteiger partial charge < -0.3 is 10.6 Å². The lowest BCUT2D eigenvalue weighted by molar-refractivity contribution is -0.125. The molecule has 1 aromatic rings. The Labute approximate surface area is 156 Å². The van der Waals surface area contributed by atoms with Gasteiger partial charge in [0.05, 0.1) is 6.04 Å². The van der Waals surface area contributed by atoms with Gasteiger partial charge in [-0.05, 0) is 50.0 Å². The highest BCUT2D eigenvalue weighted by molar-refractivity contribution is 5.85. The molecule has 1 atom stereocenters. The van der Waals surface area contributed by atoms with Crippen LogP contribution in [0.1, 0.15) is 31.7 Å². The number of hydrogen-bond donors (Lipinski definition) is 2. The number of nitrogens with zero attached hydrogens (tertiary/aromatic N) is 1. The lowest BCUT2D eigenvalue weighted by Crippen LogP contribution is -2.44. The van der Waals surface area contributed by atoms with E-state index >= 15 is 0 Å². The van der Waals surface area contributed by atoms with Gasteiger partial charge >= 0.3 is 0 Å². The minimum atomic E-state index is -0.223. The first kappa shape index (κ1) is 23.1. The molecule has 0 spiro atoms. The summed E-state index contributed by atoms with van der Waals surface area (Å²) >= 11 is 0. The molecule has 1 saturated heterocycles. The monoisotopic (exact) mass is 379 g/mol. The summed E-state index contributed by atoms with van der Waals surface area (Å²) in [5, 5.41) is 6.28. The van der Waals surface area contributed by atoms with Crippen molar-refractivity contribution in [3.63, 3.8) is 0 Å². The number of likely N-dealkylation sites (tertiary alicyclic amines) is 1. The Kier molecular flexibility index (Phi) is 12.0. The molecule has 1 fully saturated rings. The van der Waals surface area contributed by atoms with E-state index in [4.69, 9.17) is 0 Å². The summed E-state index contributed by atoms with van der Waals surface area (Å²) in [5.74, 6) is -0.114. The van der Waals surface area contributed by atoms with Gasteiger partial charge in [0, 0.05) is 19.6 Å². The van der Waals surface area contributed by atoms with Gasteiger partial charge in [0.15, 0.2) is 0 Å². The fourth-order valence-corrected chi connectivity index (χ4v) is 2.83. The van der Waals surface area contributed by atoms with E-state index in [0.717, 1.165) is 44.5 Å². The Morgan fingerprint density at radius 1 is 1.21 bits per heavy atom. The highest BCUT2D eigenvalue weighted by Gasteiger charge is 2.30. The van der Waals surface area contributed by atoms with Crippen LogP contribution < -0.4 is 10.6 Å². The molecular weight excluding hydrogens is 352 g/mol. The Morgan fingerprint density at radius 2 is 1.92 bits per heavy atom. The normalized spacial score (nSPS) is 17.0. The van der Waals surface area contributed by atoms with Crippen LogP contribution in [0, 0.1) is 5.82 Å². The first-order valence-corrected chi connectivity index (χ1v) is 8.17. The number of benzene rings is 1. The number of halogens is 3. The predicted octanol–water partition coefficient (Wildman–Crippen LogP) is 2.75. The summed E-state index contributed by atoms with van der Waals surface area (Å²) in [5.41, 5.74) is 1.05. The Bertz CT molecular complexity index is 473. The van der Waals surface area contributed by atoms with Crippen molar-refractivity contribution in [2.45, 2.75) is 38.8 Å². The zero-order chi connectivity index (χ0) is 15.8. The van der Waals surface area contributed by atoms with Crippen LogP contribution >= 0.6 is 24.8 Å². The van der Waals surface area contributed by atoms with Crippen LogP contribution in [-0.2, 0) is 11.3 Å². The highest BCUT2D eigenvalue weighted by Crippen LogP contribution is 2.20. The van der Waals surface area contributed by atoms with Gasteiger partial charge in [-0.25, -0.2) is 4.39 Å². The summed E-state index contributed by atoms with van der Waals surface area (Å²) in [6.45, 7) is 6.20. The zero-order valence-electron chi connectivity index (χ0n) is 14.1. The number of nitrogens with one attached hydrogen (secondary N) is 2. The second-order valence-electron chi connectivity index (χ2n) is 5.80. The van der Waals surface area contributed by atoms with Crippen LogP contribution in [-0.4, -0.2) is 43.0 Å². The van der Waals surface area contributed by atoms with E-state index in [9.17, 15) is 9.18 Å². The maximum atomic E-state index is 12.9. The first-order chi connectivity index (χ1) is 10.7. The lowest BCUT2D eigenvalue weighted by Gasteiger charge is -2.23. The number of carbonyl (C=O) groups is 1. The van der Waals surface area contributed by atoms with Crippen molar-refractivity contribution in [1.29, 1.82) is 0 Å². The molecule has 4 nitrogen and oxygen atoms in total. The Hall–Kier alpha value is -0.880. The largest absolute Gasteiger partial charge is 0.353 e. The topological polar surface area (TPSA) is 44.4 Å². The van der Waals surface area contributed by atoms with E-state index < -0.39 is 0 Å². The predicted molar refractivity (Wildman–Crippen MR) is 100 cm³/mol. The number of rotatable bonds is 8. The summed E-state index contributed by atoms with van der Waals surface area (Å²) < 4.78 is 12.9. The van der Waals surface area contributed by atoms with Crippen molar-refractivity contribution in [1.82, 2.24) is 15.5 Å². The van der Waals surface area contributed by atoms with Crippen LogP contribution in [0.15, 0.2) is 24.3 Å². The standard InChI is InChI=1S/C17H26FN3O.2ClH/c1-2-9-19-10-11-20-17(22)16-4-3-12-21(16)13-14-5-7-15(18)8-6-14;;/h5-8,16,19H,2-4,9-13H2,1H3,(H,20,22);2*1H. The third-order valence-electron chi connectivity index (χ3n) is 3.99. The summed E-state index contributed by atoms with van der Waals surface area (Å²) in [6, 6.07) is 6.46. The molecule has 138 valence electrons. The molecule has 1 aliphatic rings. The van der Waals surface area contributed by atoms with E-state index in [1.807, 2.05) is 0 Å². The van der Waals surface area contributed by atoms with Crippen LogP contribution in [0.3, 0.4) is 0 Å². The highest BCUT2D eigenvalue weighted by atomic mass is 35.5.